The molecule has 0 saturated carbocycles. The van der Waals surface area contributed by atoms with Gasteiger partial charge in [0.25, 0.3) is 0 Å². The quantitative estimate of drug-likeness (QED) is 0.901. The molecule has 0 spiro atoms. The minimum Gasteiger partial charge on any atom is -0.342 e. The molecule has 1 aliphatic heterocycles. The maximum atomic E-state index is 12.3. The van der Waals surface area contributed by atoms with Gasteiger partial charge in [-0.25, -0.2) is 9.97 Å². The molecule has 25 heavy (non-hydrogen) atoms. The maximum Gasteiger partial charge on any atom is 0.222 e. The van der Waals surface area contributed by atoms with Gasteiger partial charge in [0.1, 0.15) is 11.6 Å². The molecule has 7 nitrogen and oxygen atoms in total. The monoisotopic (exact) mass is 340 g/mol. The second-order valence-corrected chi connectivity index (χ2v) is 6.82. The second-order valence-electron chi connectivity index (χ2n) is 6.82. The number of nitrogens with one attached hydrogen (secondary N) is 1. The average Bonchev–Trinajstić information content (AvgIpc) is 2.63. The number of hydrogen-bond acceptors (Lipinski definition) is 6. The molecule has 132 valence electrons. The summed E-state index contributed by atoms with van der Waals surface area (Å²) < 4.78 is 0. The molecule has 7 heteroatoms. The zero-order valence-corrected chi connectivity index (χ0v) is 14.7. The summed E-state index contributed by atoms with van der Waals surface area (Å²) in [6.45, 7) is 5.74. The molecule has 0 radical (unpaired) electrons. The van der Waals surface area contributed by atoms with E-state index in [2.05, 4.69) is 39.1 Å². The van der Waals surface area contributed by atoms with Crippen LogP contribution in [0.4, 0.5) is 11.6 Å². The molecular formula is C18H24N6O. The van der Waals surface area contributed by atoms with Crippen molar-refractivity contribution >= 4 is 17.5 Å². The Morgan fingerprint density at radius 1 is 1.20 bits per heavy atom. The van der Waals surface area contributed by atoms with Crippen LogP contribution in [-0.2, 0) is 4.79 Å². The van der Waals surface area contributed by atoms with Gasteiger partial charge in [-0.05, 0) is 18.8 Å². The molecule has 3 rings (SSSR count). The summed E-state index contributed by atoms with van der Waals surface area (Å²) in [5.74, 6) is 2.15. The van der Waals surface area contributed by atoms with Crippen molar-refractivity contribution in [2.75, 3.05) is 18.4 Å². The van der Waals surface area contributed by atoms with Gasteiger partial charge in [-0.1, -0.05) is 13.8 Å². The van der Waals surface area contributed by atoms with Crippen molar-refractivity contribution in [2.24, 2.45) is 5.92 Å². The Morgan fingerprint density at radius 3 is 2.72 bits per heavy atom. The lowest BCUT2D eigenvalue weighted by molar-refractivity contribution is -0.133. The molecule has 1 unspecified atom stereocenters. The van der Waals surface area contributed by atoms with Gasteiger partial charge in [0.15, 0.2) is 0 Å². The fourth-order valence-corrected chi connectivity index (χ4v) is 3.03. The first kappa shape index (κ1) is 17.3. The number of piperidine rings is 1. The minimum atomic E-state index is 0.244. The predicted molar refractivity (Wildman–Crippen MR) is 95.4 cm³/mol. The Balaban J connectivity index is 1.62. The molecule has 1 amide bonds. The summed E-state index contributed by atoms with van der Waals surface area (Å²) in [4.78, 5) is 31.4. The predicted octanol–water partition coefficient (Wildman–Crippen LogP) is 2.76. The molecule has 0 aromatic carbocycles. The summed E-state index contributed by atoms with van der Waals surface area (Å²) in [5.41, 5.74) is 0.937. The van der Waals surface area contributed by atoms with Crippen molar-refractivity contribution < 1.29 is 4.79 Å². The summed E-state index contributed by atoms with van der Waals surface area (Å²) in [6.07, 6.45) is 11.0. The molecule has 0 bridgehead atoms. The van der Waals surface area contributed by atoms with Gasteiger partial charge < -0.3 is 10.2 Å². The van der Waals surface area contributed by atoms with Crippen LogP contribution in [0, 0.1) is 5.92 Å². The van der Waals surface area contributed by atoms with Crippen LogP contribution in [0.15, 0.2) is 31.0 Å². The van der Waals surface area contributed by atoms with Crippen LogP contribution >= 0.6 is 0 Å². The number of carbonyl (C=O) groups is 1. The minimum absolute atomic E-state index is 0.244. The highest BCUT2D eigenvalue weighted by Crippen LogP contribution is 2.26. The van der Waals surface area contributed by atoms with Gasteiger partial charge in [-0.3, -0.25) is 14.8 Å². The number of anilines is 2. The first-order valence-corrected chi connectivity index (χ1v) is 8.74. The van der Waals surface area contributed by atoms with E-state index in [4.69, 9.17) is 0 Å². The van der Waals surface area contributed by atoms with Crippen molar-refractivity contribution in [1.82, 2.24) is 24.8 Å². The molecule has 1 atom stereocenters. The number of likely N-dealkylation sites (tertiary alicyclic amines) is 1. The van der Waals surface area contributed by atoms with E-state index in [1.807, 2.05) is 4.90 Å². The Kier molecular flexibility index (Phi) is 5.53. The first-order chi connectivity index (χ1) is 12.1. The topological polar surface area (TPSA) is 83.9 Å². The number of carbonyl (C=O) groups excluding carboxylic acids is 1. The lowest BCUT2D eigenvalue weighted by atomic mass is 9.94. The SMILES string of the molecule is CC(C)CC(=O)N1CCCC(c2cnc(Nc3cnccn3)cn2)C1. The molecule has 1 fully saturated rings. The van der Waals surface area contributed by atoms with E-state index in [9.17, 15) is 4.79 Å². The van der Waals surface area contributed by atoms with Crippen molar-refractivity contribution in [3.8, 4) is 0 Å². The Labute approximate surface area is 147 Å². The Hall–Kier alpha value is -2.57. The van der Waals surface area contributed by atoms with Gasteiger partial charge in [0.05, 0.1) is 24.3 Å². The van der Waals surface area contributed by atoms with E-state index in [1.165, 1.54) is 0 Å². The number of aromatic nitrogens is 4. The summed E-state index contributed by atoms with van der Waals surface area (Å²) in [5, 5.41) is 3.07. The molecule has 3 heterocycles. The Morgan fingerprint density at radius 2 is 2.04 bits per heavy atom. The van der Waals surface area contributed by atoms with Gasteiger partial charge in [-0.2, -0.15) is 0 Å². The molecule has 1 saturated heterocycles. The molecule has 1 N–H and O–H groups in total. The fraction of sp³-hybridized carbons (Fsp3) is 0.500. The lowest BCUT2D eigenvalue weighted by Gasteiger charge is -2.33. The molecule has 0 aliphatic carbocycles. The van der Waals surface area contributed by atoms with Crippen molar-refractivity contribution in [3.63, 3.8) is 0 Å². The van der Waals surface area contributed by atoms with E-state index in [0.29, 0.717) is 24.0 Å². The van der Waals surface area contributed by atoms with Crippen LogP contribution in [-0.4, -0.2) is 43.8 Å². The third kappa shape index (κ3) is 4.71. The van der Waals surface area contributed by atoms with Crippen LogP contribution in [0.25, 0.3) is 0 Å². The van der Waals surface area contributed by atoms with Gasteiger partial charge in [0, 0.05) is 37.8 Å². The maximum absolute atomic E-state index is 12.3. The van der Waals surface area contributed by atoms with Gasteiger partial charge >= 0.3 is 0 Å². The zero-order valence-electron chi connectivity index (χ0n) is 14.7. The number of rotatable bonds is 5. The molecule has 2 aromatic heterocycles. The molecule has 2 aromatic rings. The van der Waals surface area contributed by atoms with Crippen LogP contribution < -0.4 is 5.32 Å². The molecule has 1 aliphatic rings. The largest absolute Gasteiger partial charge is 0.342 e. The van der Waals surface area contributed by atoms with E-state index < -0.39 is 0 Å². The number of hydrogen-bond donors (Lipinski definition) is 1. The van der Waals surface area contributed by atoms with Crippen molar-refractivity contribution in [2.45, 2.75) is 39.0 Å². The van der Waals surface area contributed by atoms with Gasteiger partial charge in [-0.15, -0.1) is 0 Å². The molecular weight excluding hydrogens is 316 g/mol. The summed E-state index contributed by atoms with van der Waals surface area (Å²) in [6, 6.07) is 0. The second kappa shape index (κ2) is 8.00. The van der Waals surface area contributed by atoms with Crippen LogP contribution in [0.5, 0.6) is 0 Å². The zero-order chi connectivity index (χ0) is 17.6. The fourth-order valence-electron chi connectivity index (χ4n) is 3.03. The van der Waals surface area contributed by atoms with Crippen molar-refractivity contribution in [1.29, 1.82) is 0 Å². The van der Waals surface area contributed by atoms with Crippen LogP contribution in [0.1, 0.15) is 44.7 Å². The smallest absolute Gasteiger partial charge is 0.222 e. The van der Waals surface area contributed by atoms with E-state index >= 15 is 0 Å². The Bertz CT molecular complexity index is 688. The summed E-state index contributed by atoms with van der Waals surface area (Å²) in [7, 11) is 0. The number of nitrogens with zero attached hydrogens (tertiary/aromatic N) is 5. The van der Waals surface area contributed by atoms with E-state index in [1.54, 1.807) is 31.0 Å². The van der Waals surface area contributed by atoms with E-state index in [0.717, 1.165) is 31.6 Å². The van der Waals surface area contributed by atoms with Gasteiger partial charge in [0.2, 0.25) is 5.91 Å². The van der Waals surface area contributed by atoms with Crippen LogP contribution in [0.2, 0.25) is 0 Å². The highest BCUT2D eigenvalue weighted by Gasteiger charge is 2.26. The third-order valence-electron chi connectivity index (χ3n) is 4.27. The van der Waals surface area contributed by atoms with Crippen molar-refractivity contribution in [3.05, 3.63) is 36.7 Å². The van der Waals surface area contributed by atoms with E-state index in [-0.39, 0.29) is 11.8 Å². The van der Waals surface area contributed by atoms with Crippen LogP contribution in [0.3, 0.4) is 0 Å². The standard InChI is InChI=1S/C18H24N6O/c1-13(2)8-18(25)24-7-3-4-14(12-24)15-9-22-17(11-21-15)23-16-10-19-5-6-20-16/h5-6,9-11,13-14H,3-4,7-8,12H2,1-2H3,(H,20,22,23). The normalized spacial score (nSPS) is 17.6. The average molecular weight is 340 g/mol. The lowest BCUT2D eigenvalue weighted by Crippen LogP contribution is -2.39. The third-order valence-corrected chi connectivity index (χ3v) is 4.27. The highest BCUT2D eigenvalue weighted by atomic mass is 16.2. The summed E-state index contributed by atoms with van der Waals surface area (Å²) >= 11 is 0. The number of amides is 1. The highest BCUT2D eigenvalue weighted by molar-refractivity contribution is 5.76. The first-order valence-electron chi connectivity index (χ1n) is 8.74.